The third kappa shape index (κ3) is 3.99. The van der Waals surface area contributed by atoms with Gasteiger partial charge in [0, 0.05) is 36.8 Å². The SMILES string of the molecule is CC(C)C(NCC1(CO)CCOCC1)c1cccc(Cl)c1F. The van der Waals surface area contributed by atoms with Crippen LogP contribution in [0, 0.1) is 17.2 Å². The van der Waals surface area contributed by atoms with Crippen molar-refractivity contribution >= 4 is 11.6 Å². The highest BCUT2D eigenvalue weighted by Crippen LogP contribution is 2.32. The molecule has 2 N–H and O–H groups in total. The Bertz CT molecular complexity index is 490. The van der Waals surface area contributed by atoms with Crippen LogP contribution in [0.4, 0.5) is 4.39 Å². The van der Waals surface area contributed by atoms with Gasteiger partial charge in [-0.05, 0) is 24.8 Å². The van der Waals surface area contributed by atoms with Gasteiger partial charge in [-0.15, -0.1) is 0 Å². The molecule has 1 aliphatic rings. The summed E-state index contributed by atoms with van der Waals surface area (Å²) in [6.45, 7) is 6.19. The largest absolute Gasteiger partial charge is 0.396 e. The second kappa shape index (κ2) is 7.73. The molecule has 0 aliphatic carbocycles. The molecular weight excluding hydrogens is 305 g/mol. The van der Waals surface area contributed by atoms with E-state index in [1.54, 1.807) is 18.2 Å². The van der Waals surface area contributed by atoms with Crippen LogP contribution in [0.25, 0.3) is 0 Å². The fourth-order valence-electron chi connectivity index (χ4n) is 2.99. The molecule has 1 unspecified atom stereocenters. The monoisotopic (exact) mass is 329 g/mol. The first-order chi connectivity index (χ1) is 10.5. The fourth-order valence-corrected chi connectivity index (χ4v) is 3.17. The van der Waals surface area contributed by atoms with Crippen LogP contribution in [0.2, 0.25) is 5.02 Å². The Balaban J connectivity index is 2.14. The molecule has 5 heteroatoms. The Morgan fingerprint density at radius 3 is 2.64 bits per heavy atom. The maximum atomic E-state index is 14.3. The van der Waals surface area contributed by atoms with Gasteiger partial charge in [-0.25, -0.2) is 4.39 Å². The highest BCUT2D eigenvalue weighted by molar-refractivity contribution is 6.30. The number of hydrogen-bond acceptors (Lipinski definition) is 3. The molecule has 1 aliphatic heterocycles. The Labute approximate surface area is 136 Å². The Morgan fingerprint density at radius 1 is 1.36 bits per heavy atom. The quantitative estimate of drug-likeness (QED) is 0.838. The molecule has 0 spiro atoms. The van der Waals surface area contributed by atoms with Gasteiger partial charge in [0.15, 0.2) is 0 Å². The van der Waals surface area contributed by atoms with Crippen LogP contribution in [0.5, 0.6) is 0 Å². The standard InChI is InChI=1S/C17H25ClFNO2/c1-12(2)16(13-4-3-5-14(18)15(13)19)20-10-17(11-21)6-8-22-9-7-17/h3-5,12,16,20-21H,6-11H2,1-2H3. The summed E-state index contributed by atoms with van der Waals surface area (Å²) in [6, 6.07) is 4.97. The third-order valence-electron chi connectivity index (χ3n) is 4.57. The maximum Gasteiger partial charge on any atom is 0.146 e. The average molecular weight is 330 g/mol. The highest BCUT2D eigenvalue weighted by Gasteiger charge is 2.33. The Kier molecular flexibility index (Phi) is 6.21. The molecule has 0 saturated carbocycles. The molecular formula is C17H25ClFNO2. The number of ether oxygens (including phenoxy) is 1. The summed E-state index contributed by atoms with van der Waals surface area (Å²) in [5.74, 6) is -0.149. The van der Waals surface area contributed by atoms with E-state index < -0.39 is 0 Å². The highest BCUT2D eigenvalue weighted by atomic mass is 35.5. The number of aliphatic hydroxyl groups is 1. The van der Waals surface area contributed by atoms with Crippen molar-refractivity contribution in [2.75, 3.05) is 26.4 Å². The molecule has 3 nitrogen and oxygen atoms in total. The molecule has 1 aromatic rings. The molecule has 1 fully saturated rings. The van der Waals surface area contributed by atoms with Gasteiger partial charge in [0.25, 0.3) is 0 Å². The Morgan fingerprint density at radius 2 is 2.05 bits per heavy atom. The van der Waals surface area contributed by atoms with E-state index >= 15 is 0 Å². The van der Waals surface area contributed by atoms with Crippen molar-refractivity contribution in [2.45, 2.75) is 32.7 Å². The minimum absolute atomic E-state index is 0.117. The maximum absolute atomic E-state index is 14.3. The van der Waals surface area contributed by atoms with Crippen molar-refractivity contribution in [1.82, 2.24) is 5.32 Å². The smallest absolute Gasteiger partial charge is 0.146 e. The molecule has 1 heterocycles. The predicted molar refractivity (Wildman–Crippen MR) is 86.6 cm³/mol. The van der Waals surface area contributed by atoms with Crippen LogP contribution in [-0.2, 0) is 4.74 Å². The summed E-state index contributed by atoms with van der Waals surface area (Å²) >= 11 is 5.91. The zero-order valence-corrected chi connectivity index (χ0v) is 14.0. The first kappa shape index (κ1) is 17.7. The van der Waals surface area contributed by atoms with Gasteiger partial charge in [-0.1, -0.05) is 37.6 Å². The summed E-state index contributed by atoms with van der Waals surface area (Å²) < 4.78 is 19.7. The summed E-state index contributed by atoms with van der Waals surface area (Å²) in [7, 11) is 0. The number of halogens is 2. The lowest BCUT2D eigenvalue weighted by Crippen LogP contribution is -2.44. The second-order valence-corrected chi connectivity index (χ2v) is 6.92. The number of nitrogens with one attached hydrogen (secondary N) is 1. The molecule has 1 aromatic carbocycles. The van der Waals surface area contributed by atoms with Crippen molar-refractivity contribution < 1.29 is 14.2 Å². The van der Waals surface area contributed by atoms with Gasteiger partial charge in [-0.2, -0.15) is 0 Å². The molecule has 2 rings (SSSR count). The molecule has 124 valence electrons. The number of hydrogen-bond donors (Lipinski definition) is 2. The van der Waals surface area contributed by atoms with Crippen molar-refractivity contribution in [3.8, 4) is 0 Å². The van der Waals surface area contributed by atoms with E-state index in [2.05, 4.69) is 5.32 Å². The van der Waals surface area contributed by atoms with Crippen LogP contribution < -0.4 is 5.32 Å². The average Bonchev–Trinajstić information content (AvgIpc) is 2.52. The molecule has 0 radical (unpaired) electrons. The van der Waals surface area contributed by atoms with E-state index in [4.69, 9.17) is 16.3 Å². The van der Waals surface area contributed by atoms with Crippen LogP contribution >= 0.6 is 11.6 Å². The van der Waals surface area contributed by atoms with Crippen LogP contribution in [0.15, 0.2) is 18.2 Å². The van der Waals surface area contributed by atoms with Crippen molar-refractivity contribution in [2.24, 2.45) is 11.3 Å². The first-order valence-electron chi connectivity index (χ1n) is 7.85. The Hall–Kier alpha value is -0.680. The van der Waals surface area contributed by atoms with Crippen LogP contribution in [0.1, 0.15) is 38.3 Å². The number of rotatable bonds is 6. The lowest BCUT2D eigenvalue weighted by Gasteiger charge is -2.37. The first-order valence-corrected chi connectivity index (χ1v) is 8.23. The van der Waals surface area contributed by atoms with Crippen LogP contribution in [-0.4, -0.2) is 31.5 Å². The molecule has 0 bridgehead atoms. The van der Waals surface area contributed by atoms with Gasteiger partial charge >= 0.3 is 0 Å². The lowest BCUT2D eigenvalue weighted by atomic mass is 9.80. The van der Waals surface area contributed by atoms with Gasteiger partial charge < -0.3 is 15.2 Å². The molecule has 0 aromatic heterocycles. The van der Waals surface area contributed by atoms with Gasteiger partial charge in [0.2, 0.25) is 0 Å². The van der Waals surface area contributed by atoms with E-state index in [0.717, 1.165) is 12.8 Å². The minimum Gasteiger partial charge on any atom is -0.396 e. The molecule has 1 saturated heterocycles. The summed E-state index contributed by atoms with van der Waals surface area (Å²) in [5, 5.41) is 13.4. The van der Waals surface area contributed by atoms with E-state index in [1.807, 2.05) is 13.8 Å². The lowest BCUT2D eigenvalue weighted by molar-refractivity contribution is -0.0172. The van der Waals surface area contributed by atoms with E-state index in [-0.39, 0.29) is 34.8 Å². The molecule has 22 heavy (non-hydrogen) atoms. The number of aliphatic hydroxyl groups excluding tert-OH is 1. The molecule has 0 amide bonds. The number of benzene rings is 1. The van der Waals surface area contributed by atoms with Crippen molar-refractivity contribution in [3.05, 3.63) is 34.6 Å². The van der Waals surface area contributed by atoms with Gasteiger partial charge in [-0.3, -0.25) is 0 Å². The van der Waals surface area contributed by atoms with Gasteiger partial charge in [0.1, 0.15) is 5.82 Å². The summed E-state index contributed by atoms with van der Waals surface area (Å²) in [5.41, 5.74) is 0.406. The normalized spacial score (nSPS) is 19.4. The fraction of sp³-hybridized carbons (Fsp3) is 0.647. The zero-order valence-electron chi connectivity index (χ0n) is 13.2. The second-order valence-electron chi connectivity index (χ2n) is 6.52. The van der Waals surface area contributed by atoms with Crippen LogP contribution in [0.3, 0.4) is 0 Å². The van der Waals surface area contributed by atoms with Crippen molar-refractivity contribution in [1.29, 1.82) is 0 Å². The third-order valence-corrected chi connectivity index (χ3v) is 4.86. The van der Waals surface area contributed by atoms with E-state index in [1.165, 1.54) is 0 Å². The van der Waals surface area contributed by atoms with E-state index in [0.29, 0.717) is 25.3 Å². The molecule has 1 atom stereocenters. The minimum atomic E-state index is -0.361. The van der Waals surface area contributed by atoms with Gasteiger partial charge in [0.05, 0.1) is 11.6 Å². The van der Waals surface area contributed by atoms with Crippen molar-refractivity contribution in [3.63, 3.8) is 0 Å². The topological polar surface area (TPSA) is 41.5 Å². The predicted octanol–water partition coefficient (Wildman–Crippen LogP) is 3.55. The van der Waals surface area contributed by atoms with E-state index in [9.17, 15) is 9.50 Å². The summed E-state index contributed by atoms with van der Waals surface area (Å²) in [6.07, 6.45) is 1.64. The summed E-state index contributed by atoms with van der Waals surface area (Å²) in [4.78, 5) is 0. The zero-order chi connectivity index (χ0) is 16.2.